The highest BCUT2D eigenvalue weighted by atomic mass is 19.1. The second kappa shape index (κ2) is 5.86. The second-order valence-corrected chi connectivity index (χ2v) is 4.92. The van der Waals surface area contributed by atoms with Crippen LogP contribution in [0.1, 0.15) is 18.4 Å². The van der Waals surface area contributed by atoms with Crippen molar-refractivity contribution < 1.29 is 19.1 Å². The van der Waals surface area contributed by atoms with Crippen LogP contribution < -0.4 is 5.32 Å². The molecule has 0 aliphatic heterocycles. The Balaban J connectivity index is 2.19. The number of carbonyl (C=O) groups is 2. The van der Waals surface area contributed by atoms with E-state index in [1.165, 1.54) is 6.07 Å². The third-order valence-electron chi connectivity index (χ3n) is 3.56. The second-order valence-electron chi connectivity index (χ2n) is 4.92. The number of para-hydroxylation sites is 1. The van der Waals surface area contributed by atoms with E-state index in [2.05, 4.69) is 5.32 Å². The summed E-state index contributed by atoms with van der Waals surface area (Å²) in [6, 6.07) is 4.51. The summed E-state index contributed by atoms with van der Waals surface area (Å²) in [5, 5.41) is 11.7. The summed E-state index contributed by atoms with van der Waals surface area (Å²) in [7, 11) is 0. The molecule has 2 unspecified atom stereocenters. The van der Waals surface area contributed by atoms with E-state index in [0.717, 1.165) is 0 Å². The highest BCUT2D eigenvalue weighted by molar-refractivity contribution is 5.96. The van der Waals surface area contributed by atoms with Crippen molar-refractivity contribution in [1.82, 2.24) is 0 Å². The fraction of sp³-hybridized carbons (Fsp3) is 0.333. The van der Waals surface area contributed by atoms with Crippen molar-refractivity contribution >= 4 is 17.6 Å². The van der Waals surface area contributed by atoms with Crippen molar-refractivity contribution in [1.29, 1.82) is 0 Å². The van der Waals surface area contributed by atoms with Crippen LogP contribution in [0.15, 0.2) is 30.4 Å². The smallest absolute Gasteiger partial charge is 0.307 e. The Labute approximate surface area is 116 Å². The molecule has 0 saturated carbocycles. The van der Waals surface area contributed by atoms with Gasteiger partial charge in [-0.25, -0.2) is 4.39 Å². The zero-order valence-corrected chi connectivity index (χ0v) is 11.1. The Morgan fingerprint density at radius 2 is 1.90 bits per heavy atom. The van der Waals surface area contributed by atoms with Gasteiger partial charge >= 0.3 is 5.97 Å². The minimum absolute atomic E-state index is 0.121. The van der Waals surface area contributed by atoms with E-state index in [0.29, 0.717) is 18.4 Å². The van der Waals surface area contributed by atoms with Crippen molar-refractivity contribution in [3.63, 3.8) is 0 Å². The number of benzene rings is 1. The van der Waals surface area contributed by atoms with Crippen LogP contribution in [0, 0.1) is 24.6 Å². The van der Waals surface area contributed by atoms with Gasteiger partial charge in [-0.05, 0) is 31.4 Å². The van der Waals surface area contributed by atoms with Crippen molar-refractivity contribution in [2.45, 2.75) is 19.8 Å². The fourth-order valence-electron chi connectivity index (χ4n) is 2.38. The first-order valence-electron chi connectivity index (χ1n) is 6.44. The van der Waals surface area contributed by atoms with Crippen LogP contribution in [0.25, 0.3) is 0 Å². The van der Waals surface area contributed by atoms with E-state index >= 15 is 0 Å². The summed E-state index contributed by atoms with van der Waals surface area (Å²) >= 11 is 0. The van der Waals surface area contributed by atoms with E-state index in [-0.39, 0.29) is 5.69 Å². The van der Waals surface area contributed by atoms with Gasteiger partial charge in [0, 0.05) is 0 Å². The van der Waals surface area contributed by atoms with Gasteiger partial charge in [-0.1, -0.05) is 24.3 Å². The quantitative estimate of drug-likeness (QED) is 0.835. The van der Waals surface area contributed by atoms with E-state index in [1.807, 2.05) is 0 Å². The van der Waals surface area contributed by atoms with Gasteiger partial charge in [0.2, 0.25) is 5.91 Å². The first-order valence-corrected chi connectivity index (χ1v) is 6.44. The lowest BCUT2D eigenvalue weighted by atomic mass is 9.82. The van der Waals surface area contributed by atoms with Gasteiger partial charge in [0.1, 0.15) is 5.82 Å². The van der Waals surface area contributed by atoms with Crippen molar-refractivity contribution in [2.75, 3.05) is 5.32 Å². The molecule has 1 aliphatic carbocycles. The molecule has 1 aromatic rings. The van der Waals surface area contributed by atoms with Crippen LogP contribution >= 0.6 is 0 Å². The molecular formula is C15H16FNO3. The number of carbonyl (C=O) groups excluding carboxylic acids is 1. The van der Waals surface area contributed by atoms with E-state index in [1.54, 1.807) is 31.2 Å². The van der Waals surface area contributed by atoms with E-state index in [4.69, 9.17) is 5.11 Å². The van der Waals surface area contributed by atoms with Crippen LogP contribution in [-0.2, 0) is 9.59 Å². The van der Waals surface area contributed by atoms with Crippen LogP contribution in [-0.4, -0.2) is 17.0 Å². The Hall–Kier alpha value is -2.17. The number of allylic oxidation sites excluding steroid dienone is 2. The number of anilines is 1. The fourth-order valence-corrected chi connectivity index (χ4v) is 2.38. The first-order chi connectivity index (χ1) is 9.50. The van der Waals surface area contributed by atoms with Gasteiger partial charge in [-0.15, -0.1) is 0 Å². The molecule has 5 heteroatoms. The molecule has 1 aliphatic rings. The van der Waals surface area contributed by atoms with Crippen LogP contribution in [0.2, 0.25) is 0 Å². The summed E-state index contributed by atoms with van der Waals surface area (Å²) in [4.78, 5) is 23.4. The lowest BCUT2D eigenvalue weighted by Crippen LogP contribution is -2.35. The maximum Gasteiger partial charge on any atom is 0.307 e. The average molecular weight is 277 g/mol. The lowest BCUT2D eigenvalue weighted by Gasteiger charge is -2.24. The van der Waals surface area contributed by atoms with Gasteiger partial charge in [0.15, 0.2) is 0 Å². The zero-order chi connectivity index (χ0) is 14.7. The Morgan fingerprint density at radius 1 is 1.25 bits per heavy atom. The molecule has 0 heterocycles. The maximum atomic E-state index is 13.7. The van der Waals surface area contributed by atoms with Gasteiger partial charge in [-0.2, -0.15) is 0 Å². The Bertz CT molecular complexity index is 548. The van der Waals surface area contributed by atoms with Crippen LogP contribution in [0.5, 0.6) is 0 Å². The Morgan fingerprint density at radius 3 is 2.50 bits per heavy atom. The summed E-state index contributed by atoms with van der Waals surface area (Å²) in [5.41, 5.74) is 0.729. The molecule has 0 spiro atoms. The normalized spacial score (nSPS) is 21.5. The minimum Gasteiger partial charge on any atom is -0.481 e. The standard InChI is InChI=1S/C15H16FNO3/c1-9-5-4-8-12(16)13(9)17-14(18)10-6-2-3-7-11(10)15(19)20/h2-5,8,10-11H,6-7H2,1H3,(H,17,18)(H,19,20). The molecule has 2 rings (SSSR count). The topological polar surface area (TPSA) is 66.4 Å². The van der Waals surface area contributed by atoms with Gasteiger partial charge in [0.25, 0.3) is 0 Å². The SMILES string of the molecule is Cc1cccc(F)c1NC(=O)C1CC=CCC1C(=O)O. The molecule has 0 fully saturated rings. The highest BCUT2D eigenvalue weighted by Gasteiger charge is 2.34. The van der Waals surface area contributed by atoms with Crippen molar-refractivity contribution in [3.8, 4) is 0 Å². The average Bonchev–Trinajstić information content (AvgIpc) is 2.43. The molecule has 106 valence electrons. The largest absolute Gasteiger partial charge is 0.481 e. The summed E-state index contributed by atoms with van der Waals surface area (Å²) in [6.45, 7) is 1.69. The van der Waals surface area contributed by atoms with Crippen LogP contribution in [0.3, 0.4) is 0 Å². The monoisotopic (exact) mass is 277 g/mol. The lowest BCUT2D eigenvalue weighted by molar-refractivity contribution is -0.146. The number of amides is 1. The number of aliphatic carboxylic acids is 1. The number of rotatable bonds is 3. The third-order valence-corrected chi connectivity index (χ3v) is 3.56. The highest BCUT2D eigenvalue weighted by Crippen LogP contribution is 2.28. The molecule has 1 aromatic carbocycles. The number of hydrogen-bond acceptors (Lipinski definition) is 2. The third kappa shape index (κ3) is 2.87. The molecule has 0 saturated heterocycles. The van der Waals surface area contributed by atoms with Gasteiger partial charge < -0.3 is 10.4 Å². The Kier molecular flexibility index (Phi) is 4.17. The number of hydrogen-bond donors (Lipinski definition) is 2. The number of nitrogens with one attached hydrogen (secondary N) is 1. The summed E-state index contributed by atoms with van der Waals surface area (Å²) in [6.07, 6.45) is 4.23. The number of carboxylic acid groups (broad SMARTS) is 1. The predicted molar refractivity (Wildman–Crippen MR) is 72.8 cm³/mol. The number of aryl methyl sites for hydroxylation is 1. The molecule has 2 N–H and O–H groups in total. The summed E-state index contributed by atoms with van der Waals surface area (Å²) < 4.78 is 13.7. The van der Waals surface area contributed by atoms with Gasteiger partial charge in [0.05, 0.1) is 17.5 Å². The molecular weight excluding hydrogens is 261 g/mol. The van der Waals surface area contributed by atoms with Crippen LogP contribution in [0.4, 0.5) is 10.1 Å². The minimum atomic E-state index is -1.00. The molecule has 0 radical (unpaired) electrons. The van der Waals surface area contributed by atoms with E-state index in [9.17, 15) is 14.0 Å². The molecule has 0 aromatic heterocycles. The molecule has 20 heavy (non-hydrogen) atoms. The van der Waals surface area contributed by atoms with Crippen molar-refractivity contribution in [3.05, 3.63) is 41.7 Å². The van der Waals surface area contributed by atoms with Crippen molar-refractivity contribution in [2.24, 2.45) is 11.8 Å². The predicted octanol–water partition coefficient (Wildman–Crippen LogP) is 2.74. The zero-order valence-electron chi connectivity index (χ0n) is 11.1. The van der Waals surface area contributed by atoms with Gasteiger partial charge in [-0.3, -0.25) is 9.59 Å². The molecule has 2 atom stereocenters. The number of carboxylic acids is 1. The van der Waals surface area contributed by atoms with E-state index < -0.39 is 29.5 Å². The molecule has 0 bridgehead atoms. The first kappa shape index (κ1) is 14.2. The maximum absolute atomic E-state index is 13.7. The summed E-state index contributed by atoms with van der Waals surface area (Å²) in [5.74, 6) is -3.39. The number of halogens is 1. The molecule has 4 nitrogen and oxygen atoms in total. The molecule has 1 amide bonds.